The van der Waals surface area contributed by atoms with Crippen LogP contribution in [-0.4, -0.2) is 36.2 Å². The summed E-state index contributed by atoms with van der Waals surface area (Å²) in [5, 5.41) is 17.2. The molecule has 1 atom stereocenters. The molecule has 8 nitrogen and oxygen atoms in total. The van der Waals surface area contributed by atoms with Gasteiger partial charge in [0, 0.05) is 11.6 Å². The first-order chi connectivity index (χ1) is 16.9. The minimum atomic E-state index is -0.967. The van der Waals surface area contributed by atoms with Crippen LogP contribution in [0.3, 0.4) is 0 Å². The number of amides is 1. The molecule has 0 unspecified atom stereocenters. The van der Waals surface area contributed by atoms with Crippen LogP contribution in [0.2, 0.25) is 0 Å². The Balaban J connectivity index is 1.74. The van der Waals surface area contributed by atoms with Gasteiger partial charge in [-0.15, -0.1) is 0 Å². The largest absolute Gasteiger partial charge is 0.507 e. The van der Waals surface area contributed by atoms with E-state index in [1.165, 1.54) is 19.1 Å². The van der Waals surface area contributed by atoms with Crippen LogP contribution in [0.4, 0.5) is 5.82 Å². The zero-order valence-electron chi connectivity index (χ0n) is 19.3. The molecule has 1 aliphatic heterocycles. The lowest BCUT2D eigenvalue weighted by molar-refractivity contribution is -0.132. The minimum Gasteiger partial charge on any atom is -0.507 e. The normalized spacial score (nSPS) is 17.2. The molecule has 1 aromatic heterocycles. The van der Waals surface area contributed by atoms with Gasteiger partial charge in [-0.25, -0.2) is 0 Å². The van der Waals surface area contributed by atoms with E-state index in [1.54, 1.807) is 43.3 Å². The molecule has 1 saturated heterocycles. The molecular weight excluding hydrogens is 448 g/mol. The van der Waals surface area contributed by atoms with Crippen LogP contribution in [0.15, 0.2) is 76.8 Å². The maximum absolute atomic E-state index is 13.3. The van der Waals surface area contributed by atoms with Gasteiger partial charge in [0.15, 0.2) is 17.3 Å². The Hall–Kier alpha value is -4.59. The number of carbonyl (C=O) groups is 2. The number of aromatic nitrogens is 1. The second-order valence-electron chi connectivity index (χ2n) is 8.14. The van der Waals surface area contributed by atoms with Crippen LogP contribution in [0.1, 0.15) is 22.9 Å². The van der Waals surface area contributed by atoms with Gasteiger partial charge in [0.25, 0.3) is 5.78 Å². The lowest BCUT2D eigenvalue weighted by Crippen LogP contribution is -2.29. The first-order valence-electron chi connectivity index (χ1n) is 10.9. The third-order valence-electron chi connectivity index (χ3n) is 6.05. The van der Waals surface area contributed by atoms with Gasteiger partial charge in [-0.05, 0) is 41.5 Å². The van der Waals surface area contributed by atoms with Crippen LogP contribution in [0.25, 0.3) is 16.5 Å². The van der Waals surface area contributed by atoms with Crippen molar-refractivity contribution in [3.05, 3.63) is 89.2 Å². The molecule has 1 fully saturated rings. The van der Waals surface area contributed by atoms with E-state index in [2.05, 4.69) is 5.16 Å². The number of aryl methyl sites for hydroxylation is 1. The monoisotopic (exact) mass is 470 g/mol. The summed E-state index contributed by atoms with van der Waals surface area (Å²) in [6, 6.07) is 18.7. The van der Waals surface area contributed by atoms with Gasteiger partial charge in [-0.1, -0.05) is 47.6 Å². The van der Waals surface area contributed by atoms with Gasteiger partial charge in [-0.3, -0.25) is 14.5 Å². The van der Waals surface area contributed by atoms with Gasteiger partial charge in [0.1, 0.15) is 11.5 Å². The highest BCUT2D eigenvalue weighted by Gasteiger charge is 2.48. The maximum atomic E-state index is 13.3. The number of benzene rings is 3. The second kappa shape index (κ2) is 8.64. The van der Waals surface area contributed by atoms with Gasteiger partial charge < -0.3 is 19.1 Å². The third kappa shape index (κ3) is 3.69. The average Bonchev–Trinajstić information content (AvgIpc) is 3.42. The van der Waals surface area contributed by atoms with Crippen molar-refractivity contribution < 1.29 is 28.7 Å². The first kappa shape index (κ1) is 22.2. The zero-order valence-corrected chi connectivity index (χ0v) is 19.3. The summed E-state index contributed by atoms with van der Waals surface area (Å²) in [5.74, 6) is -0.379. The summed E-state index contributed by atoms with van der Waals surface area (Å²) < 4.78 is 15.9. The van der Waals surface area contributed by atoms with E-state index in [0.717, 1.165) is 10.8 Å². The second-order valence-corrected chi connectivity index (χ2v) is 8.14. The van der Waals surface area contributed by atoms with E-state index >= 15 is 0 Å². The smallest absolute Gasteiger partial charge is 0.301 e. The number of rotatable bonds is 5. The first-order valence-corrected chi connectivity index (χ1v) is 10.9. The highest BCUT2D eigenvalue weighted by molar-refractivity contribution is 6.51. The Morgan fingerprint density at radius 1 is 0.943 bits per heavy atom. The quantitative estimate of drug-likeness (QED) is 0.254. The van der Waals surface area contributed by atoms with Crippen molar-refractivity contribution in [3.63, 3.8) is 0 Å². The van der Waals surface area contributed by atoms with Gasteiger partial charge in [0.2, 0.25) is 0 Å². The summed E-state index contributed by atoms with van der Waals surface area (Å²) in [7, 11) is 3.01. The molecule has 1 aliphatic rings. The number of ketones is 1. The van der Waals surface area contributed by atoms with E-state index < -0.39 is 17.7 Å². The molecule has 4 aromatic rings. The van der Waals surface area contributed by atoms with E-state index in [1.807, 2.05) is 30.3 Å². The van der Waals surface area contributed by atoms with E-state index in [9.17, 15) is 14.7 Å². The van der Waals surface area contributed by atoms with Gasteiger partial charge in [0.05, 0.1) is 25.8 Å². The molecule has 0 saturated carbocycles. The van der Waals surface area contributed by atoms with Crippen LogP contribution in [-0.2, 0) is 9.59 Å². The van der Waals surface area contributed by atoms with Crippen molar-refractivity contribution in [2.24, 2.45) is 0 Å². The number of fused-ring (bicyclic) bond motifs is 1. The molecule has 5 rings (SSSR count). The number of hydrogen-bond donors (Lipinski definition) is 1. The molecule has 2 heterocycles. The Morgan fingerprint density at radius 2 is 1.69 bits per heavy atom. The fraction of sp³-hybridized carbons (Fsp3) is 0.148. The molecule has 1 amide bonds. The molecule has 176 valence electrons. The number of ether oxygens (including phenoxy) is 2. The highest BCUT2D eigenvalue weighted by atomic mass is 16.5. The van der Waals surface area contributed by atoms with Crippen molar-refractivity contribution in [1.82, 2.24) is 5.16 Å². The zero-order chi connectivity index (χ0) is 24.7. The number of Topliss-reactive ketones (excluding diaryl/α,β-unsaturated/α-hetero) is 1. The summed E-state index contributed by atoms with van der Waals surface area (Å²) in [6.45, 7) is 1.69. The lowest BCUT2D eigenvalue weighted by Gasteiger charge is -2.23. The fourth-order valence-corrected chi connectivity index (χ4v) is 4.37. The number of carbonyl (C=O) groups excluding carboxylic acids is 2. The molecule has 0 radical (unpaired) electrons. The molecule has 1 N–H and O–H groups in total. The van der Waals surface area contributed by atoms with Crippen molar-refractivity contribution in [2.45, 2.75) is 13.0 Å². The molecule has 0 spiro atoms. The van der Waals surface area contributed by atoms with Gasteiger partial charge >= 0.3 is 5.91 Å². The Bertz CT molecular complexity index is 1500. The summed E-state index contributed by atoms with van der Waals surface area (Å²) >= 11 is 0. The minimum absolute atomic E-state index is 0.0573. The number of methoxy groups -OCH3 is 2. The topological polar surface area (TPSA) is 102 Å². The predicted octanol–water partition coefficient (Wildman–Crippen LogP) is 4.78. The molecule has 3 aromatic carbocycles. The summed E-state index contributed by atoms with van der Waals surface area (Å²) in [5.41, 5.74) is 0.895. The standard InChI is InChI=1S/C27H22N2O6/c1-15-12-22(28-35-15)29-24(18-10-11-20(33-2)21(14-18)34-3)23(26(31)27(29)32)25(30)19-9-8-16-6-4-5-7-17(16)13-19/h4-14,24,30H,1-3H3/t24-/m1/s1. The SMILES string of the molecule is COc1ccc([C@@H]2C(=C(O)c3ccc4ccccc4c3)C(=O)C(=O)N2c2cc(C)on2)cc1OC. The van der Waals surface area contributed by atoms with Crippen LogP contribution in [0, 0.1) is 6.92 Å². The lowest BCUT2D eigenvalue weighted by atomic mass is 9.94. The maximum Gasteiger partial charge on any atom is 0.301 e. The Kier molecular flexibility index (Phi) is 5.49. The summed E-state index contributed by atoms with van der Waals surface area (Å²) in [4.78, 5) is 27.8. The number of aliphatic hydroxyl groups is 1. The molecule has 8 heteroatoms. The van der Waals surface area contributed by atoms with E-state index in [-0.39, 0.29) is 17.2 Å². The van der Waals surface area contributed by atoms with Crippen LogP contribution >= 0.6 is 0 Å². The number of nitrogens with zero attached hydrogens (tertiary/aromatic N) is 2. The Morgan fingerprint density at radius 3 is 2.37 bits per heavy atom. The van der Waals surface area contributed by atoms with E-state index in [4.69, 9.17) is 14.0 Å². The van der Waals surface area contributed by atoms with Crippen LogP contribution in [0.5, 0.6) is 11.5 Å². The summed E-state index contributed by atoms with van der Waals surface area (Å²) in [6.07, 6.45) is 0. The molecular formula is C27H22N2O6. The van der Waals surface area contributed by atoms with E-state index in [0.29, 0.717) is 28.4 Å². The van der Waals surface area contributed by atoms with Crippen molar-refractivity contribution in [1.29, 1.82) is 0 Å². The van der Waals surface area contributed by atoms with Crippen molar-refractivity contribution in [3.8, 4) is 11.5 Å². The number of anilines is 1. The van der Waals surface area contributed by atoms with Crippen LogP contribution < -0.4 is 14.4 Å². The van der Waals surface area contributed by atoms with Crippen molar-refractivity contribution >= 4 is 34.0 Å². The molecule has 0 aliphatic carbocycles. The van der Waals surface area contributed by atoms with Gasteiger partial charge in [-0.2, -0.15) is 0 Å². The molecule has 35 heavy (non-hydrogen) atoms. The van der Waals surface area contributed by atoms with Crippen molar-refractivity contribution in [2.75, 3.05) is 19.1 Å². The fourth-order valence-electron chi connectivity index (χ4n) is 4.37. The number of hydrogen-bond acceptors (Lipinski definition) is 7. The highest BCUT2D eigenvalue weighted by Crippen LogP contribution is 2.44. The molecule has 0 bridgehead atoms. The average molecular weight is 470 g/mol. The predicted molar refractivity (Wildman–Crippen MR) is 130 cm³/mol. The Labute approximate surface area is 201 Å². The number of aliphatic hydroxyl groups excluding tert-OH is 1. The third-order valence-corrected chi connectivity index (χ3v) is 6.05.